The van der Waals surface area contributed by atoms with Crippen molar-refractivity contribution in [3.05, 3.63) is 53.9 Å². The molecule has 0 unspecified atom stereocenters. The summed E-state index contributed by atoms with van der Waals surface area (Å²) in [4.78, 5) is 6.08. The first-order valence-corrected chi connectivity index (χ1v) is 6.29. The van der Waals surface area contributed by atoms with Gasteiger partial charge in [-0.25, -0.2) is 18.3 Å². The smallest absolute Gasteiger partial charge is 0.180 e. The van der Waals surface area contributed by atoms with Gasteiger partial charge in [-0.2, -0.15) is 5.10 Å². The zero-order chi connectivity index (χ0) is 15.0. The van der Waals surface area contributed by atoms with Gasteiger partial charge in [0, 0.05) is 25.4 Å². The molecule has 2 N–H and O–H groups in total. The Labute approximate surface area is 119 Å². The zero-order valence-corrected chi connectivity index (χ0v) is 11.3. The van der Waals surface area contributed by atoms with Crippen molar-refractivity contribution in [3.8, 4) is 0 Å². The average molecular weight is 289 g/mol. The Kier molecular flexibility index (Phi) is 3.17. The highest BCUT2D eigenvalue weighted by Gasteiger charge is 2.11. The molecule has 1 aromatic carbocycles. The molecule has 2 heterocycles. The number of nitrogens with zero attached hydrogens (tertiary/aromatic N) is 4. The fourth-order valence-electron chi connectivity index (χ4n) is 2.09. The highest BCUT2D eigenvalue weighted by molar-refractivity contribution is 5.65. The van der Waals surface area contributed by atoms with Crippen LogP contribution in [0.15, 0.2) is 36.7 Å². The first kappa shape index (κ1) is 13.3. The Hall–Kier alpha value is -2.70. The van der Waals surface area contributed by atoms with Gasteiger partial charge in [0.25, 0.3) is 0 Å². The summed E-state index contributed by atoms with van der Waals surface area (Å²) >= 11 is 0. The molecule has 7 heteroatoms. The Balaban J connectivity index is 1.91. The van der Waals surface area contributed by atoms with Crippen LogP contribution >= 0.6 is 0 Å². The summed E-state index contributed by atoms with van der Waals surface area (Å²) in [6, 6.07) is 5.12. The molecule has 3 aromatic rings. The zero-order valence-electron chi connectivity index (χ0n) is 11.3. The van der Waals surface area contributed by atoms with Gasteiger partial charge in [0.2, 0.25) is 0 Å². The molecule has 0 radical (unpaired) electrons. The van der Waals surface area contributed by atoms with Crippen LogP contribution < -0.4 is 10.6 Å². The van der Waals surface area contributed by atoms with Gasteiger partial charge in [0.05, 0.1) is 11.9 Å². The summed E-state index contributed by atoms with van der Waals surface area (Å²) in [6.07, 6.45) is 3.23. The molecule has 5 nitrogen and oxygen atoms in total. The van der Waals surface area contributed by atoms with E-state index in [1.165, 1.54) is 12.3 Å². The van der Waals surface area contributed by atoms with E-state index in [0.29, 0.717) is 17.2 Å². The third-order valence-corrected chi connectivity index (χ3v) is 3.19. The van der Waals surface area contributed by atoms with Crippen molar-refractivity contribution in [2.75, 3.05) is 17.7 Å². The number of nitrogen functional groups attached to an aromatic ring is 1. The molecule has 0 aliphatic heterocycles. The maximum Gasteiger partial charge on any atom is 0.180 e. The lowest BCUT2D eigenvalue weighted by molar-refractivity contribution is 0.583. The first-order chi connectivity index (χ1) is 10.0. The summed E-state index contributed by atoms with van der Waals surface area (Å²) in [7, 11) is 1.75. The molecule has 0 amide bonds. The van der Waals surface area contributed by atoms with Gasteiger partial charge in [-0.3, -0.25) is 0 Å². The fourth-order valence-corrected chi connectivity index (χ4v) is 2.09. The largest absolute Gasteiger partial charge is 0.394 e. The number of anilines is 2. The van der Waals surface area contributed by atoms with E-state index >= 15 is 0 Å². The number of benzene rings is 1. The number of rotatable bonds is 3. The van der Waals surface area contributed by atoms with E-state index in [0.717, 1.165) is 12.1 Å². The molecule has 0 spiro atoms. The van der Waals surface area contributed by atoms with Crippen LogP contribution in [-0.2, 0) is 6.54 Å². The monoisotopic (exact) mass is 289 g/mol. The standard InChI is InChI=1S/C14H13F2N5/c1-20(8-9-6-10(15)2-3-11(9)16)13-4-5-21-14(19-13)12(17)7-18-21/h2-7H,8,17H2,1H3. The average Bonchev–Trinajstić information content (AvgIpc) is 2.84. The summed E-state index contributed by atoms with van der Waals surface area (Å²) in [5, 5.41) is 4.03. The molecule has 0 saturated heterocycles. The first-order valence-electron chi connectivity index (χ1n) is 6.29. The SMILES string of the molecule is CN(Cc1cc(F)ccc1F)c1ccn2ncc(N)c2n1. The van der Waals surface area contributed by atoms with E-state index in [1.54, 1.807) is 28.7 Å². The molecule has 0 saturated carbocycles. The maximum absolute atomic E-state index is 13.7. The predicted molar refractivity (Wildman–Crippen MR) is 75.9 cm³/mol. The van der Waals surface area contributed by atoms with Gasteiger partial charge in [0.15, 0.2) is 5.65 Å². The quantitative estimate of drug-likeness (QED) is 0.803. The molecular formula is C14H13F2N5. The van der Waals surface area contributed by atoms with Crippen LogP contribution in [-0.4, -0.2) is 21.6 Å². The number of hydrogen-bond donors (Lipinski definition) is 1. The van der Waals surface area contributed by atoms with Crippen LogP contribution in [0.5, 0.6) is 0 Å². The minimum absolute atomic E-state index is 0.195. The van der Waals surface area contributed by atoms with Crippen molar-refractivity contribution in [2.24, 2.45) is 0 Å². The van der Waals surface area contributed by atoms with E-state index < -0.39 is 11.6 Å². The van der Waals surface area contributed by atoms with Crippen molar-refractivity contribution in [1.82, 2.24) is 14.6 Å². The van der Waals surface area contributed by atoms with Gasteiger partial charge < -0.3 is 10.6 Å². The lowest BCUT2D eigenvalue weighted by atomic mass is 10.2. The summed E-state index contributed by atoms with van der Waals surface area (Å²) in [5.41, 5.74) is 7.02. The summed E-state index contributed by atoms with van der Waals surface area (Å²) < 4.78 is 28.4. The lowest BCUT2D eigenvalue weighted by Crippen LogP contribution is -2.19. The number of aromatic nitrogens is 3. The summed E-state index contributed by atoms with van der Waals surface area (Å²) in [6.45, 7) is 0.195. The van der Waals surface area contributed by atoms with E-state index in [2.05, 4.69) is 10.1 Å². The number of nitrogens with two attached hydrogens (primary N) is 1. The van der Waals surface area contributed by atoms with Crippen molar-refractivity contribution in [2.45, 2.75) is 6.54 Å². The van der Waals surface area contributed by atoms with Crippen LogP contribution in [0.25, 0.3) is 5.65 Å². The highest BCUT2D eigenvalue weighted by atomic mass is 19.1. The fraction of sp³-hybridized carbons (Fsp3) is 0.143. The molecular weight excluding hydrogens is 276 g/mol. The molecule has 0 atom stereocenters. The molecule has 3 rings (SSSR count). The Bertz CT molecular complexity index is 799. The van der Waals surface area contributed by atoms with Crippen LogP contribution in [0, 0.1) is 11.6 Å². The number of halogens is 2. The third-order valence-electron chi connectivity index (χ3n) is 3.19. The molecule has 0 bridgehead atoms. The molecule has 0 fully saturated rings. The number of hydrogen-bond acceptors (Lipinski definition) is 4. The summed E-state index contributed by atoms with van der Waals surface area (Å²) in [5.74, 6) is -0.324. The predicted octanol–water partition coefficient (Wildman–Crippen LogP) is 2.23. The minimum Gasteiger partial charge on any atom is -0.394 e. The van der Waals surface area contributed by atoms with E-state index in [9.17, 15) is 8.78 Å². The third kappa shape index (κ3) is 2.49. The maximum atomic E-state index is 13.7. The van der Waals surface area contributed by atoms with Crippen LogP contribution in [0.1, 0.15) is 5.56 Å². The Morgan fingerprint density at radius 3 is 2.90 bits per heavy atom. The second-order valence-corrected chi connectivity index (χ2v) is 4.75. The second-order valence-electron chi connectivity index (χ2n) is 4.75. The molecule has 21 heavy (non-hydrogen) atoms. The Morgan fingerprint density at radius 2 is 2.10 bits per heavy atom. The van der Waals surface area contributed by atoms with Gasteiger partial charge in [0.1, 0.15) is 17.5 Å². The lowest BCUT2D eigenvalue weighted by Gasteiger charge is -2.18. The van der Waals surface area contributed by atoms with Crippen LogP contribution in [0.2, 0.25) is 0 Å². The second kappa shape index (κ2) is 5.01. The highest BCUT2D eigenvalue weighted by Crippen LogP contribution is 2.18. The van der Waals surface area contributed by atoms with E-state index in [4.69, 9.17) is 5.73 Å². The van der Waals surface area contributed by atoms with Gasteiger partial charge in [-0.05, 0) is 24.3 Å². The van der Waals surface area contributed by atoms with Crippen molar-refractivity contribution in [3.63, 3.8) is 0 Å². The molecule has 0 aliphatic carbocycles. The van der Waals surface area contributed by atoms with Gasteiger partial charge >= 0.3 is 0 Å². The van der Waals surface area contributed by atoms with Gasteiger partial charge in [-0.15, -0.1) is 0 Å². The topological polar surface area (TPSA) is 59.5 Å². The number of fused-ring (bicyclic) bond motifs is 1. The Morgan fingerprint density at radius 1 is 1.29 bits per heavy atom. The van der Waals surface area contributed by atoms with Crippen molar-refractivity contribution in [1.29, 1.82) is 0 Å². The minimum atomic E-state index is -0.469. The molecule has 2 aromatic heterocycles. The normalized spacial score (nSPS) is 11.0. The van der Waals surface area contributed by atoms with E-state index in [1.807, 2.05) is 0 Å². The molecule has 108 valence electrons. The van der Waals surface area contributed by atoms with Gasteiger partial charge in [-0.1, -0.05) is 0 Å². The van der Waals surface area contributed by atoms with Crippen LogP contribution in [0.4, 0.5) is 20.3 Å². The van der Waals surface area contributed by atoms with E-state index in [-0.39, 0.29) is 12.1 Å². The molecule has 0 aliphatic rings. The van der Waals surface area contributed by atoms with Crippen LogP contribution in [0.3, 0.4) is 0 Å². The van der Waals surface area contributed by atoms with Crippen molar-refractivity contribution >= 4 is 17.2 Å². The van der Waals surface area contributed by atoms with Crippen molar-refractivity contribution < 1.29 is 8.78 Å².